The molecule has 11 heavy (non-hydrogen) atoms. The molecule has 1 rings (SSSR count). The molecule has 0 fully saturated rings. The van der Waals surface area contributed by atoms with Gasteiger partial charge in [0.15, 0.2) is 0 Å². The number of aryl methyl sites for hydroxylation is 1. The van der Waals surface area contributed by atoms with Gasteiger partial charge in [0.05, 0.1) is 4.11 Å². The third-order valence-corrected chi connectivity index (χ3v) is 1.27. The number of hydrogen-bond acceptors (Lipinski definition) is 1. The van der Waals surface area contributed by atoms with Gasteiger partial charge in [-0.25, -0.2) is 0 Å². The van der Waals surface area contributed by atoms with E-state index in [2.05, 4.69) is 0 Å². The van der Waals surface area contributed by atoms with Crippen LogP contribution in [0.5, 0.6) is 0 Å². The van der Waals surface area contributed by atoms with E-state index in [4.69, 9.17) is 9.22 Å². The van der Waals surface area contributed by atoms with Crippen molar-refractivity contribution >= 4 is 5.97 Å². The third kappa shape index (κ3) is 2.85. The van der Waals surface area contributed by atoms with E-state index in [9.17, 15) is 4.79 Å². The van der Waals surface area contributed by atoms with Crippen LogP contribution in [0.1, 0.15) is 16.1 Å². The van der Waals surface area contributed by atoms with Crippen LogP contribution < -0.4 is 0 Å². The molecule has 1 aromatic carbocycles. The van der Waals surface area contributed by atoms with Crippen LogP contribution in [-0.2, 0) is 11.2 Å². The average Bonchev–Trinajstić information content (AvgIpc) is 2.13. The van der Waals surface area contributed by atoms with Gasteiger partial charge in [0.25, 0.3) is 0 Å². The second-order valence-corrected chi connectivity index (χ2v) is 2.15. The predicted octanol–water partition coefficient (Wildman–Crippen LogP) is 1.70. The maximum Gasteiger partial charge on any atom is 0.303 e. The summed E-state index contributed by atoms with van der Waals surface area (Å²) in [5.41, 5.74) is 0.508. The molecule has 0 bridgehead atoms. The average molecular weight is 153 g/mol. The lowest BCUT2D eigenvalue weighted by Gasteiger charge is -1.95. The topological polar surface area (TPSA) is 37.3 Å². The lowest BCUT2D eigenvalue weighted by atomic mass is 10.1. The molecule has 0 aliphatic heterocycles. The standard InChI is InChI=1S/C9H10O2/c10-9(11)7-6-8-4-2-1-3-5-8/h1-5H,6-7H2,(H,10,11)/i1D,2D,4D. The highest BCUT2D eigenvalue weighted by Gasteiger charge is 1.96. The first-order chi connectivity index (χ1) is 6.52. The van der Waals surface area contributed by atoms with Gasteiger partial charge in [-0.1, -0.05) is 30.3 Å². The zero-order chi connectivity index (χ0) is 10.7. The van der Waals surface area contributed by atoms with Crippen molar-refractivity contribution in [3.8, 4) is 0 Å². The lowest BCUT2D eigenvalue weighted by Crippen LogP contribution is -1.96. The van der Waals surface area contributed by atoms with Crippen molar-refractivity contribution in [1.29, 1.82) is 0 Å². The van der Waals surface area contributed by atoms with E-state index in [0.717, 1.165) is 0 Å². The van der Waals surface area contributed by atoms with Gasteiger partial charge in [-0.2, -0.15) is 0 Å². The number of hydrogen-bond donors (Lipinski definition) is 1. The summed E-state index contributed by atoms with van der Waals surface area (Å²) < 4.78 is 22.1. The highest BCUT2D eigenvalue weighted by atomic mass is 16.4. The van der Waals surface area contributed by atoms with E-state index in [1.165, 1.54) is 12.1 Å². The van der Waals surface area contributed by atoms with Gasteiger partial charge in [0, 0.05) is 6.42 Å². The smallest absolute Gasteiger partial charge is 0.303 e. The minimum atomic E-state index is -0.925. The highest BCUT2D eigenvalue weighted by molar-refractivity contribution is 5.67. The van der Waals surface area contributed by atoms with Crippen LogP contribution in [0, 0.1) is 0 Å². The first-order valence-corrected chi connectivity index (χ1v) is 3.30. The van der Waals surface area contributed by atoms with E-state index < -0.39 is 5.97 Å². The predicted molar refractivity (Wildman–Crippen MR) is 42.4 cm³/mol. The van der Waals surface area contributed by atoms with Crippen molar-refractivity contribution in [2.45, 2.75) is 12.8 Å². The van der Waals surface area contributed by atoms with Gasteiger partial charge in [-0.05, 0) is 12.0 Å². The summed E-state index contributed by atoms with van der Waals surface area (Å²) in [4.78, 5) is 10.3. The van der Waals surface area contributed by atoms with Gasteiger partial charge in [-0.3, -0.25) is 4.79 Å². The van der Waals surface area contributed by atoms with Crippen LogP contribution in [0.2, 0.25) is 0 Å². The Bertz CT molecular complexity index is 363. The highest BCUT2D eigenvalue weighted by Crippen LogP contribution is 2.01. The van der Waals surface area contributed by atoms with Gasteiger partial charge in [0.2, 0.25) is 0 Å². The van der Waals surface area contributed by atoms with Crippen molar-refractivity contribution < 1.29 is 14.0 Å². The van der Waals surface area contributed by atoms with Crippen molar-refractivity contribution in [3.05, 3.63) is 35.8 Å². The molecule has 0 aliphatic rings. The molecular formula is C9H10O2. The molecule has 0 aliphatic carbocycles. The Kier molecular flexibility index (Phi) is 1.55. The second-order valence-electron chi connectivity index (χ2n) is 2.15. The molecule has 58 valence electrons. The van der Waals surface area contributed by atoms with Crippen molar-refractivity contribution in [2.75, 3.05) is 0 Å². The van der Waals surface area contributed by atoms with Crippen molar-refractivity contribution in [3.63, 3.8) is 0 Å². The van der Waals surface area contributed by atoms with E-state index in [1.54, 1.807) is 0 Å². The third-order valence-electron chi connectivity index (χ3n) is 1.27. The first-order valence-electron chi connectivity index (χ1n) is 4.80. The second kappa shape index (κ2) is 3.76. The molecule has 0 unspecified atom stereocenters. The Hall–Kier alpha value is -1.31. The molecule has 1 N–H and O–H groups in total. The van der Waals surface area contributed by atoms with Gasteiger partial charge in [0.1, 0.15) is 0 Å². The number of carbonyl (C=O) groups is 1. The van der Waals surface area contributed by atoms with Crippen LogP contribution >= 0.6 is 0 Å². The minimum Gasteiger partial charge on any atom is -0.481 e. The molecule has 2 nitrogen and oxygen atoms in total. The summed E-state index contributed by atoms with van der Waals surface area (Å²) in [6.07, 6.45) is 0.184. The summed E-state index contributed by atoms with van der Waals surface area (Å²) in [6.45, 7) is 0. The fourth-order valence-electron chi connectivity index (χ4n) is 0.729. The van der Waals surface area contributed by atoms with E-state index >= 15 is 0 Å². The number of carboxylic acid groups (broad SMARTS) is 1. The molecule has 0 aromatic heterocycles. The van der Waals surface area contributed by atoms with E-state index in [1.807, 2.05) is 0 Å². The maximum atomic E-state index is 10.3. The minimum absolute atomic E-state index is 0.00549. The molecule has 0 amide bonds. The monoisotopic (exact) mass is 153 g/mol. The van der Waals surface area contributed by atoms with Crippen LogP contribution in [0.25, 0.3) is 0 Å². The number of carboxylic acids is 1. The maximum absolute atomic E-state index is 10.3. The van der Waals surface area contributed by atoms with E-state index in [0.29, 0.717) is 5.56 Å². The number of benzene rings is 1. The molecular weight excluding hydrogens is 140 g/mol. The van der Waals surface area contributed by atoms with Crippen LogP contribution in [0.4, 0.5) is 0 Å². The summed E-state index contributed by atoms with van der Waals surface area (Å²) in [5, 5.41) is 8.44. The van der Waals surface area contributed by atoms with Crippen LogP contribution in [0.15, 0.2) is 30.3 Å². The first kappa shape index (κ1) is 4.54. The Morgan fingerprint density at radius 3 is 3.18 bits per heavy atom. The largest absolute Gasteiger partial charge is 0.481 e. The molecule has 0 saturated carbocycles. The molecule has 0 heterocycles. The van der Waals surface area contributed by atoms with Crippen LogP contribution in [0.3, 0.4) is 0 Å². The van der Waals surface area contributed by atoms with Crippen molar-refractivity contribution in [2.24, 2.45) is 0 Å². The fraction of sp³-hybridized carbons (Fsp3) is 0.222. The van der Waals surface area contributed by atoms with Gasteiger partial charge >= 0.3 is 5.97 Å². The van der Waals surface area contributed by atoms with E-state index in [-0.39, 0.29) is 31.0 Å². The van der Waals surface area contributed by atoms with Gasteiger partial charge in [-0.15, -0.1) is 0 Å². The Morgan fingerprint density at radius 1 is 1.64 bits per heavy atom. The zero-order valence-corrected chi connectivity index (χ0v) is 5.92. The Balaban J connectivity index is 2.88. The Labute approximate surface area is 69.7 Å². The summed E-state index contributed by atoms with van der Waals surface area (Å²) in [6, 6.07) is 2.75. The molecule has 2 heteroatoms. The van der Waals surface area contributed by atoms with Gasteiger partial charge < -0.3 is 5.11 Å². The molecule has 0 atom stereocenters. The van der Waals surface area contributed by atoms with Crippen LogP contribution in [-0.4, -0.2) is 11.1 Å². The van der Waals surface area contributed by atoms with Crippen molar-refractivity contribution in [1.82, 2.24) is 0 Å². The summed E-state index contributed by atoms with van der Waals surface area (Å²) in [5.74, 6) is -0.925. The fourth-order valence-corrected chi connectivity index (χ4v) is 0.729. The molecule has 0 radical (unpaired) electrons. The zero-order valence-electron chi connectivity index (χ0n) is 8.92. The normalized spacial score (nSPS) is 13.3. The quantitative estimate of drug-likeness (QED) is 0.717. The molecule has 0 saturated heterocycles. The number of rotatable bonds is 3. The Morgan fingerprint density at radius 2 is 2.45 bits per heavy atom. The molecule has 1 aromatic rings. The SMILES string of the molecule is [2H]c1ccc(CCC(=O)O)c([2H])c1[2H]. The summed E-state index contributed by atoms with van der Waals surface area (Å²) in [7, 11) is 0. The molecule has 0 spiro atoms. The number of aliphatic carboxylic acids is 1. The summed E-state index contributed by atoms with van der Waals surface area (Å²) >= 11 is 0. The lowest BCUT2D eigenvalue weighted by molar-refractivity contribution is -0.136.